The van der Waals surface area contributed by atoms with Crippen molar-refractivity contribution in [1.29, 1.82) is 5.26 Å². The number of aromatic hydroxyl groups is 1. The molecule has 5 nitrogen and oxygen atoms in total. The maximum atomic E-state index is 9.70. The van der Waals surface area contributed by atoms with Gasteiger partial charge >= 0.3 is 0 Å². The fourth-order valence-corrected chi connectivity index (χ4v) is 1.76. The van der Waals surface area contributed by atoms with Crippen LogP contribution in [0.5, 0.6) is 5.75 Å². The Kier molecular flexibility index (Phi) is 3.53. The number of aryl methyl sites for hydroxylation is 1. The fourth-order valence-electron chi connectivity index (χ4n) is 1.76. The summed E-state index contributed by atoms with van der Waals surface area (Å²) in [5, 5.41) is 21.7. The van der Waals surface area contributed by atoms with E-state index in [0.29, 0.717) is 29.2 Å². The van der Waals surface area contributed by atoms with E-state index in [2.05, 4.69) is 16.4 Å². The van der Waals surface area contributed by atoms with Crippen LogP contribution < -0.4 is 11.1 Å². The number of hydrogen-bond donors (Lipinski definition) is 3. The first-order valence-electron chi connectivity index (χ1n) is 5.78. The Balaban J connectivity index is 2.17. The van der Waals surface area contributed by atoms with Crippen molar-refractivity contribution in [3.63, 3.8) is 0 Å². The molecule has 0 aliphatic heterocycles. The van der Waals surface area contributed by atoms with Crippen LogP contribution in [0.3, 0.4) is 0 Å². The van der Waals surface area contributed by atoms with Crippen LogP contribution >= 0.6 is 0 Å². The van der Waals surface area contributed by atoms with E-state index < -0.39 is 0 Å². The van der Waals surface area contributed by atoms with Gasteiger partial charge in [0.15, 0.2) is 0 Å². The fraction of sp³-hybridized carbons (Fsp3) is 0.143. The number of phenolic OH excluding ortho intramolecular Hbond substituents is 1. The van der Waals surface area contributed by atoms with Crippen molar-refractivity contribution < 1.29 is 5.11 Å². The zero-order valence-electron chi connectivity index (χ0n) is 10.5. The highest BCUT2D eigenvalue weighted by Gasteiger charge is 2.04. The van der Waals surface area contributed by atoms with Gasteiger partial charge in [0.05, 0.1) is 11.6 Å². The monoisotopic (exact) mass is 254 g/mol. The predicted molar refractivity (Wildman–Crippen MR) is 73.5 cm³/mol. The number of rotatable bonds is 3. The zero-order chi connectivity index (χ0) is 13.8. The third kappa shape index (κ3) is 3.13. The molecule has 0 saturated heterocycles. The van der Waals surface area contributed by atoms with Crippen LogP contribution in [-0.4, -0.2) is 10.1 Å². The van der Waals surface area contributed by atoms with E-state index in [0.717, 1.165) is 5.69 Å². The molecule has 0 aliphatic rings. The van der Waals surface area contributed by atoms with Gasteiger partial charge in [0.2, 0.25) is 0 Å². The molecule has 0 bridgehead atoms. The third-order valence-corrected chi connectivity index (χ3v) is 2.65. The van der Waals surface area contributed by atoms with Gasteiger partial charge in [0.1, 0.15) is 11.6 Å². The molecule has 96 valence electrons. The Hall–Kier alpha value is -2.74. The molecule has 2 rings (SSSR count). The molecule has 0 saturated carbocycles. The number of anilines is 2. The molecule has 0 amide bonds. The van der Waals surface area contributed by atoms with Crippen LogP contribution in [-0.2, 0) is 6.54 Å². The smallest absolute Gasteiger partial charge is 0.127 e. The van der Waals surface area contributed by atoms with Crippen LogP contribution in [0.25, 0.3) is 0 Å². The van der Waals surface area contributed by atoms with Crippen LogP contribution in [0.4, 0.5) is 11.5 Å². The van der Waals surface area contributed by atoms with Gasteiger partial charge in [-0.15, -0.1) is 0 Å². The molecule has 0 aliphatic carbocycles. The second-order valence-corrected chi connectivity index (χ2v) is 4.24. The quantitative estimate of drug-likeness (QED) is 0.576. The number of nitriles is 1. The number of nitrogens with one attached hydrogen (secondary N) is 1. The largest absolute Gasteiger partial charge is 0.508 e. The molecule has 0 unspecified atom stereocenters. The topological polar surface area (TPSA) is 95.0 Å². The Bertz CT molecular complexity index is 646. The third-order valence-electron chi connectivity index (χ3n) is 2.65. The predicted octanol–water partition coefficient (Wildman–Crippen LogP) is 2.16. The average Bonchev–Trinajstić information content (AvgIpc) is 2.39. The SMILES string of the molecule is Cc1cc(C#N)cc(NCc2cc(N)ccc2O)n1. The first-order chi connectivity index (χ1) is 9.08. The summed E-state index contributed by atoms with van der Waals surface area (Å²) < 4.78 is 0. The number of phenols is 1. The highest BCUT2D eigenvalue weighted by molar-refractivity contribution is 5.50. The lowest BCUT2D eigenvalue weighted by molar-refractivity contribution is 0.469. The lowest BCUT2D eigenvalue weighted by Crippen LogP contribution is -2.03. The minimum atomic E-state index is 0.176. The van der Waals surface area contributed by atoms with Gasteiger partial charge in [0.25, 0.3) is 0 Å². The molecule has 5 heteroatoms. The maximum absolute atomic E-state index is 9.70. The number of nitrogens with two attached hydrogens (primary N) is 1. The van der Waals surface area contributed by atoms with Crippen molar-refractivity contribution >= 4 is 11.5 Å². The lowest BCUT2D eigenvalue weighted by atomic mass is 10.1. The molecule has 0 atom stereocenters. The van der Waals surface area contributed by atoms with Crippen molar-refractivity contribution in [2.24, 2.45) is 0 Å². The van der Waals surface area contributed by atoms with Gasteiger partial charge in [-0.1, -0.05) is 0 Å². The molecular weight excluding hydrogens is 240 g/mol. The Morgan fingerprint density at radius 2 is 2.16 bits per heavy atom. The second-order valence-electron chi connectivity index (χ2n) is 4.24. The van der Waals surface area contributed by atoms with E-state index >= 15 is 0 Å². The maximum Gasteiger partial charge on any atom is 0.127 e. The summed E-state index contributed by atoms with van der Waals surface area (Å²) >= 11 is 0. The Morgan fingerprint density at radius 3 is 2.89 bits per heavy atom. The first-order valence-corrected chi connectivity index (χ1v) is 5.78. The molecule has 0 radical (unpaired) electrons. The number of benzene rings is 1. The number of nitrogen functional groups attached to an aromatic ring is 1. The minimum absolute atomic E-state index is 0.176. The van der Waals surface area contributed by atoms with Crippen LogP contribution in [0.1, 0.15) is 16.8 Å². The molecule has 2 aromatic rings. The van der Waals surface area contributed by atoms with Gasteiger partial charge in [-0.3, -0.25) is 0 Å². The first kappa shape index (κ1) is 12.7. The molecule has 19 heavy (non-hydrogen) atoms. The summed E-state index contributed by atoms with van der Waals surface area (Å²) in [4.78, 5) is 4.27. The van der Waals surface area contributed by atoms with E-state index in [4.69, 9.17) is 11.0 Å². The van der Waals surface area contributed by atoms with Crippen molar-refractivity contribution in [3.05, 3.63) is 47.2 Å². The van der Waals surface area contributed by atoms with Crippen molar-refractivity contribution in [3.8, 4) is 11.8 Å². The highest BCUT2D eigenvalue weighted by Crippen LogP contribution is 2.21. The van der Waals surface area contributed by atoms with E-state index in [9.17, 15) is 5.11 Å². The van der Waals surface area contributed by atoms with Gasteiger partial charge in [-0.05, 0) is 37.3 Å². The normalized spacial score (nSPS) is 9.89. The summed E-state index contributed by atoms with van der Waals surface area (Å²) in [6.45, 7) is 2.21. The van der Waals surface area contributed by atoms with Crippen molar-refractivity contribution in [2.45, 2.75) is 13.5 Å². The lowest BCUT2D eigenvalue weighted by Gasteiger charge is -2.09. The zero-order valence-corrected chi connectivity index (χ0v) is 10.5. The van der Waals surface area contributed by atoms with Crippen LogP contribution in [0, 0.1) is 18.3 Å². The van der Waals surface area contributed by atoms with Gasteiger partial charge < -0.3 is 16.2 Å². The second kappa shape index (κ2) is 5.27. The summed E-state index contributed by atoms with van der Waals surface area (Å²) in [7, 11) is 0. The summed E-state index contributed by atoms with van der Waals surface area (Å²) in [5.41, 5.74) is 8.25. The summed E-state index contributed by atoms with van der Waals surface area (Å²) in [5.74, 6) is 0.772. The van der Waals surface area contributed by atoms with Gasteiger partial charge in [-0.25, -0.2) is 4.98 Å². The van der Waals surface area contributed by atoms with E-state index in [1.807, 2.05) is 6.92 Å². The Morgan fingerprint density at radius 1 is 1.37 bits per heavy atom. The van der Waals surface area contributed by atoms with E-state index in [-0.39, 0.29) is 5.75 Å². The highest BCUT2D eigenvalue weighted by atomic mass is 16.3. The standard InChI is InChI=1S/C14H14N4O/c1-9-4-10(7-15)5-14(18-9)17-8-11-6-12(16)2-3-13(11)19/h2-6,19H,8,16H2,1H3,(H,17,18). The molecular formula is C14H14N4O. The molecule has 1 aromatic carbocycles. The van der Waals surface area contributed by atoms with Crippen LogP contribution in [0.2, 0.25) is 0 Å². The van der Waals surface area contributed by atoms with Crippen molar-refractivity contribution in [2.75, 3.05) is 11.1 Å². The van der Waals surface area contributed by atoms with E-state index in [1.165, 1.54) is 0 Å². The number of nitrogens with zero attached hydrogens (tertiary/aromatic N) is 2. The number of aromatic nitrogens is 1. The molecule has 1 aromatic heterocycles. The minimum Gasteiger partial charge on any atom is -0.508 e. The van der Waals surface area contributed by atoms with E-state index in [1.54, 1.807) is 30.3 Å². The van der Waals surface area contributed by atoms with Crippen LogP contribution in [0.15, 0.2) is 30.3 Å². The number of pyridine rings is 1. The van der Waals surface area contributed by atoms with Crippen molar-refractivity contribution in [1.82, 2.24) is 4.98 Å². The molecule has 0 fully saturated rings. The summed E-state index contributed by atoms with van der Waals surface area (Å²) in [6.07, 6.45) is 0. The molecule has 0 spiro atoms. The van der Waals surface area contributed by atoms with Gasteiger partial charge in [-0.2, -0.15) is 5.26 Å². The molecule has 4 N–H and O–H groups in total. The molecule has 1 heterocycles. The average molecular weight is 254 g/mol. The number of hydrogen-bond acceptors (Lipinski definition) is 5. The Labute approximate surface area is 111 Å². The summed E-state index contributed by atoms with van der Waals surface area (Å²) in [6, 6.07) is 10.3. The van der Waals surface area contributed by atoms with Gasteiger partial charge in [0, 0.05) is 23.5 Å².